The Morgan fingerprint density at radius 2 is 1.18 bits per heavy atom. The summed E-state index contributed by atoms with van der Waals surface area (Å²) in [6.45, 7) is 34.3. The molecule has 2 amide bonds. The smallest absolute Gasteiger partial charge is 0.318 e. The number of hydrogen-bond acceptors (Lipinski definition) is 5. The van der Waals surface area contributed by atoms with Crippen molar-refractivity contribution < 1.29 is 22.8 Å². The second kappa shape index (κ2) is 12.4. The highest BCUT2D eigenvalue weighted by atomic mass is 127. The van der Waals surface area contributed by atoms with Crippen molar-refractivity contribution in [3.63, 3.8) is 0 Å². The number of alkyl halides is 1. The highest BCUT2D eigenvalue weighted by Gasteiger charge is 2.54. The average Bonchev–Trinajstić information content (AvgIpc) is 2.68. The molecule has 0 aliphatic carbocycles. The third-order valence-corrected chi connectivity index (χ3v) is 24.0. The number of nitrogens with zero attached hydrogens (tertiary/aromatic N) is 1. The molecule has 1 aliphatic heterocycles. The number of carbonyl (C=O) groups excluding carboxylic acids is 1. The van der Waals surface area contributed by atoms with Gasteiger partial charge in [0.1, 0.15) is 12.3 Å². The molecule has 1 fully saturated rings. The molecular formula is C27H59IN2O5Si3. The Morgan fingerprint density at radius 1 is 0.789 bits per heavy atom. The molecule has 5 atom stereocenters. The molecule has 0 aromatic carbocycles. The summed E-state index contributed by atoms with van der Waals surface area (Å²) in [6, 6.07) is -0.185. The van der Waals surface area contributed by atoms with Gasteiger partial charge in [0.05, 0.1) is 22.7 Å². The zero-order valence-corrected chi connectivity index (χ0v) is 32.6. The van der Waals surface area contributed by atoms with Crippen LogP contribution in [-0.2, 0) is 18.0 Å². The number of urea groups is 1. The first kappa shape index (κ1) is 36.5. The van der Waals surface area contributed by atoms with Gasteiger partial charge in [-0.15, -0.1) is 0 Å². The number of halogens is 1. The lowest BCUT2D eigenvalue weighted by Crippen LogP contribution is -2.67. The SMILES string of the molecule is CN(C)C(=O)N[C@H]1O[C@H](CO[Si](C)(C)C(C)(C)C)[C@@H](O[Si](C)(C)C(C)(C)C)[C@H](O[Si](C)(C)C(C)(C)C)[C@@H]1I. The molecule has 1 aliphatic rings. The number of nitrogens with one attached hydrogen (secondary N) is 1. The van der Waals surface area contributed by atoms with Gasteiger partial charge in [-0.3, -0.25) is 0 Å². The van der Waals surface area contributed by atoms with Gasteiger partial charge in [0.2, 0.25) is 0 Å². The third-order valence-electron chi connectivity index (χ3n) is 9.18. The van der Waals surface area contributed by atoms with Gasteiger partial charge in [0, 0.05) is 14.1 Å². The molecule has 1 heterocycles. The lowest BCUT2D eigenvalue weighted by Gasteiger charge is -2.52. The van der Waals surface area contributed by atoms with Gasteiger partial charge < -0.3 is 28.2 Å². The first-order valence-corrected chi connectivity index (χ1v) is 23.9. The van der Waals surface area contributed by atoms with Crippen molar-refractivity contribution in [3.05, 3.63) is 0 Å². The van der Waals surface area contributed by atoms with Crippen LogP contribution in [0, 0.1) is 0 Å². The number of carbonyl (C=O) groups is 1. The van der Waals surface area contributed by atoms with E-state index in [1.165, 1.54) is 4.90 Å². The van der Waals surface area contributed by atoms with E-state index in [1.807, 2.05) is 0 Å². The van der Waals surface area contributed by atoms with Crippen molar-refractivity contribution in [2.75, 3.05) is 20.7 Å². The fourth-order valence-corrected chi connectivity index (χ4v) is 8.05. The molecule has 226 valence electrons. The van der Waals surface area contributed by atoms with Crippen molar-refractivity contribution in [3.8, 4) is 0 Å². The molecule has 0 unspecified atom stereocenters. The number of amides is 2. The van der Waals surface area contributed by atoms with Gasteiger partial charge in [-0.25, -0.2) is 4.79 Å². The van der Waals surface area contributed by atoms with Crippen LogP contribution in [0.2, 0.25) is 54.4 Å². The first-order chi connectivity index (χ1) is 16.6. The van der Waals surface area contributed by atoms with E-state index < -0.39 is 31.2 Å². The second-order valence-electron chi connectivity index (χ2n) is 15.6. The van der Waals surface area contributed by atoms with E-state index in [4.69, 9.17) is 18.0 Å². The zero-order chi connectivity index (χ0) is 30.3. The Morgan fingerprint density at radius 3 is 1.55 bits per heavy atom. The van der Waals surface area contributed by atoms with Gasteiger partial charge in [-0.1, -0.05) is 84.9 Å². The second-order valence-corrected chi connectivity index (χ2v) is 31.4. The molecule has 1 saturated heterocycles. The van der Waals surface area contributed by atoms with Crippen molar-refractivity contribution in [1.82, 2.24) is 10.2 Å². The maximum absolute atomic E-state index is 12.8. The molecule has 0 aromatic rings. The van der Waals surface area contributed by atoms with E-state index >= 15 is 0 Å². The van der Waals surface area contributed by atoms with Crippen LogP contribution < -0.4 is 5.32 Å². The summed E-state index contributed by atoms with van der Waals surface area (Å²) in [5.41, 5.74) is 0. The Bertz CT molecular complexity index is 804. The van der Waals surface area contributed by atoms with Crippen LogP contribution in [0.3, 0.4) is 0 Å². The Hall–Kier alpha value is 0.491. The number of hydrogen-bond donors (Lipinski definition) is 1. The molecule has 38 heavy (non-hydrogen) atoms. The Labute approximate surface area is 251 Å². The molecule has 1 N–H and O–H groups in total. The van der Waals surface area contributed by atoms with Crippen LogP contribution in [0.1, 0.15) is 62.3 Å². The predicted molar refractivity (Wildman–Crippen MR) is 176 cm³/mol. The average molecular weight is 703 g/mol. The van der Waals surface area contributed by atoms with Crippen LogP contribution in [0.25, 0.3) is 0 Å². The van der Waals surface area contributed by atoms with Crippen LogP contribution >= 0.6 is 22.6 Å². The molecular weight excluding hydrogens is 643 g/mol. The van der Waals surface area contributed by atoms with E-state index in [0.717, 1.165) is 0 Å². The lowest BCUT2D eigenvalue weighted by molar-refractivity contribution is -0.167. The van der Waals surface area contributed by atoms with E-state index in [-0.39, 0.29) is 43.4 Å². The van der Waals surface area contributed by atoms with Gasteiger partial charge in [0.25, 0.3) is 0 Å². The summed E-state index contributed by atoms with van der Waals surface area (Å²) in [4.78, 5) is 14.3. The van der Waals surface area contributed by atoms with E-state index in [2.05, 4.69) is 130 Å². The minimum absolute atomic E-state index is 0.0239. The largest absolute Gasteiger partial charge is 0.414 e. The maximum atomic E-state index is 12.8. The monoisotopic (exact) mass is 702 g/mol. The van der Waals surface area contributed by atoms with E-state index in [0.29, 0.717) is 6.61 Å². The Balaban J connectivity index is 3.62. The highest BCUT2D eigenvalue weighted by molar-refractivity contribution is 14.1. The maximum Gasteiger partial charge on any atom is 0.318 e. The Kier molecular flexibility index (Phi) is 11.9. The zero-order valence-electron chi connectivity index (χ0n) is 27.5. The minimum atomic E-state index is -2.20. The molecule has 1 rings (SSSR count). The van der Waals surface area contributed by atoms with E-state index in [1.54, 1.807) is 14.1 Å². The van der Waals surface area contributed by atoms with Crippen molar-refractivity contribution in [1.29, 1.82) is 0 Å². The number of ether oxygens (including phenoxy) is 1. The van der Waals surface area contributed by atoms with Crippen LogP contribution in [0.5, 0.6) is 0 Å². The summed E-state index contributed by atoms with van der Waals surface area (Å²) < 4.78 is 27.6. The van der Waals surface area contributed by atoms with Gasteiger partial charge in [0.15, 0.2) is 25.0 Å². The standard InChI is InChI=1S/C27H59IN2O5Si3/c1-25(2,3)36(12,13)32-18-19-21(34-37(14,15)26(4,5)6)22(35-38(16,17)27(7,8)9)20(28)23(33-19)29-24(31)30(10)11/h19-23H,18H2,1-17H3,(H,29,31)/t19-,20+,21-,22-,23+/m1/s1. The molecule has 0 spiro atoms. The topological polar surface area (TPSA) is 69.3 Å². The van der Waals surface area contributed by atoms with Crippen molar-refractivity contribution >= 4 is 53.6 Å². The quantitative estimate of drug-likeness (QED) is 0.161. The molecule has 0 radical (unpaired) electrons. The number of rotatable bonds is 8. The molecule has 0 aromatic heterocycles. The normalized spacial score (nSPS) is 26.3. The minimum Gasteiger partial charge on any atom is -0.414 e. The van der Waals surface area contributed by atoms with Gasteiger partial charge in [-0.05, 0) is 54.4 Å². The van der Waals surface area contributed by atoms with Crippen LogP contribution in [-0.4, -0.2) is 85.0 Å². The summed E-state index contributed by atoms with van der Waals surface area (Å²) in [6.07, 6.45) is -1.44. The molecule has 0 bridgehead atoms. The first-order valence-electron chi connectivity index (χ1n) is 13.9. The van der Waals surface area contributed by atoms with Gasteiger partial charge in [-0.2, -0.15) is 0 Å². The molecule has 11 heteroatoms. The van der Waals surface area contributed by atoms with E-state index in [9.17, 15) is 4.79 Å². The van der Waals surface area contributed by atoms with Crippen molar-refractivity contribution in [2.24, 2.45) is 0 Å². The highest BCUT2D eigenvalue weighted by Crippen LogP contribution is 2.44. The third kappa shape index (κ3) is 8.99. The fraction of sp³-hybridized carbons (Fsp3) is 0.963. The predicted octanol–water partition coefficient (Wildman–Crippen LogP) is 7.59. The van der Waals surface area contributed by atoms with Gasteiger partial charge >= 0.3 is 6.03 Å². The summed E-state index contributed by atoms with van der Waals surface area (Å²) >= 11 is 2.40. The fourth-order valence-electron chi connectivity index (χ4n) is 3.22. The molecule has 7 nitrogen and oxygen atoms in total. The summed E-state index contributed by atoms with van der Waals surface area (Å²) in [7, 11) is -2.96. The van der Waals surface area contributed by atoms with Crippen LogP contribution in [0.4, 0.5) is 4.79 Å². The summed E-state index contributed by atoms with van der Waals surface area (Å²) in [5.74, 6) is 0. The van der Waals surface area contributed by atoms with Crippen molar-refractivity contribution in [2.45, 2.75) is 145 Å². The summed E-state index contributed by atoms with van der Waals surface area (Å²) in [5, 5.41) is 3.22. The van der Waals surface area contributed by atoms with Crippen LogP contribution in [0.15, 0.2) is 0 Å². The lowest BCUT2D eigenvalue weighted by atomic mass is 10.0. The molecule has 0 saturated carbocycles.